The highest BCUT2D eigenvalue weighted by atomic mass is 16.1. The molecule has 0 unspecified atom stereocenters. The second-order valence-corrected chi connectivity index (χ2v) is 9.77. The summed E-state index contributed by atoms with van der Waals surface area (Å²) in [5, 5.41) is 6.67. The van der Waals surface area contributed by atoms with Gasteiger partial charge in [-0.1, -0.05) is 63.2 Å². The maximum absolute atomic E-state index is 13.2. The van der Waals surface area contributed by atoms with E-state index in [0.717, 1.165) is 39.5 Å². The molecule has 0 saturated heterocycles. The molecule has 0 radical (unpaired) electrons. The first-order chi connectivity index (χ1) is 16.2. The van der Waals surface area contributed by atoms with Gasteiger partial charge in [0.15, 0.2) is 5.65 Å². The average molecular weight is 456 g/mol. The maximum Gasteiger partial charge on any atom is 0.255 e. The van der Waals surface area contributed by atoms with Crippen LogP contribution in [-0.2, 0) is 18.5 Å². The molecule has 2 aromatic carbocycles. The van der Waals surface area contributed by atoms with E-state index in [0.29, 0.717) is 24.3 Å². The number of aryl methyl sites for hydroxylation is 2. The lowest BCUT2D eigenvalue weighted by Gasteiger charge is -2.20. The third kappa shape index (κ3) is 4.68. The predicted octanol–water partition coefficient (Wildman–Crippen LogP) is 5.38. The molecule has 4 aromatic rings. The summed E-state index contributed by atoms with van der Waals surface area (Å²) >= 11 is 0. The van der Waals surface area contributed by atoms with E-state index in [9.17, 15) is 4.79 Å². The van der Waals surface area contributed by atoms with Crippen molar-refractivity contribution in [3.63, 3.8) is 0 Å². The van der Waals surface area contributed by atoms with E-state index in [1.165, 1.54) is 0 Å². The summed E-state index contributed by atoms with van der Waals surface area (Å²) in [6.07, 6.45) is 1.95. The van der Waals surface area contributed by atoms with Gasteiger partial charge in [-0.3, -0.25) is 9.20 Å². The van der Waals surface area contributed by atoms with E-state index in [1.807, 2.05) is 47.0 Å². The van der Waals surface area contributed by atoms with E-state index in [1.54, 1.807) is 0 Å². The number of fused-ring (bicyclic) bond motifs is 1. The lowest BCUT2D eigenvalue weighted by atomic mass is 9.92. The minimum Gasteiger partial charge on any atom is -0.348 e. The third-order valence-corrected chi connectivity index (χ3v) is 6.01. The molecule has 2 heterocycles. The van der Waals surface area contributed by atoms with Gasteiger partial charge in [0.25, 0.3) is 5.91 Å². The molecule has 176 valence electrons. The molecule has 6 nitrogen and oxygen atoms in total. The Hall–Kier alpha value is -3.64. The van der Waals surface area contributed by atoms with Gasteiger partial charge in [-0.05, 0) is 48.2 Å². The van der Waals surface area contributed by atoms with Crippen molar-refractivity contribution in [2.45, 2.75) is 53.1 Å². The van der Waals surface area contributed by atoms with Crippen molar-refractivity contribution in [1.29, 1.82) is 0 Å². The topological polar surface area (TPSA) is 84.5 Å². The van der Waals surface area contributed by atoms with Gasteiger partial charge in [-0.25, -0.2) is 4.98 Å². The third-order valence-electron chi connectivity index (χ3n) is 6.01. The number of hydrogen-bond donors (Lipinski definition) is 3. The van der Waals surface area contributed by atoms with Crippen LogP contribution in [0.5, 0.6) is 0 Å². The Bertz CT molecular complexity index is 1330. The van der Waals surface area contributed by atoms with Crippen molar-refractivity contribution in [2.75, 3.05) is 5.32 Å². The van der Waals surface area contributed by atoms with Gasteiger partial charge in [0.1, 0.15) is 5.82 Å². The Morgan fingerprint density at radius 1 is 1.00 bits per heavy atom. The van der Waals surface area contributed by atoms with E-state index in [-0.39, 0.29) is 11.3 Å². The fraction of sp³-hybridized carbons (Fsp3) is 0.286. The molecule has 0 atom stereocenters. The van der Waals surface area contributed by atoms with Crippen molar-refractivity contribution >= 4 is 23.1 Å². The van der Waals surface area contributed by atoms with Crippen molar-refractivity contribution in [3.05, 3.63) is 94.3 Å². The molecule has 0 spiro atoms. The first-order valence-electron chi connectivity index (χ1n) is 11.6. The number of carbonyl (C=O) groups excluding carboxylic acids is 1. The number of rotatable bonds is 6. The molecule has 0 fully saturated rings. The van der Waals surface area contributed by atoms with Crippen LogP contribution in [-0.4, -0.2) is 15.3 Å². The molecule has 2 aromatic heterocycles. The monoisotopic (exact) mass is 455 g/mol. The number of benzene rings is 2. The first-order valence-corrected chi connectivity index (χ1v) is 11.6. The smallest absolute Gasteiger partial charge is 0.255 e. The predicted molar refractivity (Wildman–Crippen MR) is 139 cm³/mol. The summed E-state index contributed by atoms with van der Waals surface area (Å²) < 4.78 is 1.98. The summed E-state index contributed by atoms with van der Waals surface area (Å²) in [5.41, 5.74) is 13.0. The minimum atomic E-state index is -0.221. The molecule has 34 heavy (non-hydrogen) atoms. The van der Waals surface area contributed by atoms with Gasteiger partial charge >= 0.3 is 0 Å². The molecule has 0 aliphatic carbocycles. The molecule has 1 amide bonds. The van der Waals surface area contributed by atoms with E-state index in [2.05, 4.69) is 63.5 Å². The van der Waals surface area contributed by atoms with Gasteiger partial charge < -0.3 is 16.4 Å². The fourth-order valence-electron chi connectivity index (χ4n) is 4.16. The standard InChI is InChI=1S/C28H33N5O/c1-18-9-6-10-19(2)23(18)31-26-24(28(3,4)5)32-25-22(13-8-14-33(25)26)27(34)30-17-21-12-7-11-20(15-21)16-29/h6-15,31H,16-17,29H2,1-5H3,(H,30,34). The highest BCUT2D eigenvalue weighted by Gasteiger charge is 2.26. The largest absolute Gasteiger partial charge is 0.348 e. The summed E-state index contributed by atoms with van der Waals surface area (Å²) in [6, 6.07) is 17.9. The lowest BCUT2D eigenvalue weighted by Crippen LogP contribution is -2.23. The molecular formula is C28H33N5O. The number of nitrogens with one attached hydrogen (secondary N) is 2. The molecule has 6 heteroatoms. The zero-order chi connectivity index (χ0) is 24.5. The lowest BCUT2D eigenvalue weighted by molar-refractivity contribution is 0.0952. The second kappa shape index (κ2) is 9.31. The van der Waals surface area contributed by atoms with Crippen LogP contribution >= 0.6 is 0 Å². The van der Waals surface area contributed by atoms with Gasteiger partial charge in [0, 0.05) is 30.4 Å². The van der Waals surface area contributed by atoms with Crippen LogP contribution in [0.2, 0.25) is 0 Å². The highest BCUT2D eigenvalue weighted by Crippen LogP contribution is 2.34. The van der Waals surface area contributed by atoms with Crippen LogP contribution in [0, 0.1) is 13.8 Å². The Labute approximate surface area is 201 Å². The van der Waals surface area contributed by atoms with Crippen LogP contribution in [0.25, 0.3) is 5.65 Å². The van der Waals surface area contributed by atoms with Crippen molar-refractivity contribution in [1.82, 2.24) is 14.7 Å². The summed E-state index contributed by atoms with van der Waals surface area (Å²) in [5.74, 6) is 0.720. The van der Waals surface area contributed by atoms with E-state index < -0.39 is 0 Å². The van der Waals surface area contributed by atoms with Gasteiger partial charge in [0.2, 0.25) is 0 Å². The van der Waals surface area contributed by atoms with Crippen LogP contribution in [0.15, 0.2) is 60.8 Å². The van der Waals surface area contributed by atoms with Crippen LogP contribution < -0.4 is 16.4 Å². The minimum absolute atomic E-state index is 0.159. The van der Waals surface area contributed by atoms with Crippen LogP contribution in [0.4, 0.5) is 11.5 Å². The number of nitrogens with two attached hydrogens (primary N) is 1. The maximum atomic E-state index is 13.2. The summed E-state index contributed by atoms with van der Waals surface area (Å²) in [4.78, 5) is 18.2. The Morgan fingerprint density at radius 2 is 1.68 bits per heavy atom. The quantitative estimate of drug-likeness (QED) is 0.364. The number of aromatic nitrogens is 2. The van der Waals surface area contributed by atoms with Crippen molar-refractivity contribution in [2.24, 2.45) is 5.73 Å². The number of pyridine rings is 1. The average Bonchev–Trinajstić information content (AvgIpc) is 3.19. The molecular weight excluding hydrogens is 422 g/mol. The number of carbonyl (C=O) groups is 1. The molecule has 4 N–H and O–H groups in total. The summed E-state index contributed by atoms with van der Waals surface area (Å²) in [7, 11) is 0. The van der Waals surface area contributed by atoms with Gasteiger partial charge in [-0.15, -0.1) is 0 Å². The fourth-order valence-corrected chi connectivity index (χ4v) is 4.16. The van der Waals surface area contributed by atoms with E-state index in [4.69, 9.17) is 10.7 Å². The number of nitrogens with zero attached hydrogens (tertiary/aromatic N) is 2. The number of imidazole rings is 1. The number of para-hydroxylation sites is 1. The molecule has 0 bridgehead atoms. The molecule has 0 aliphatic rings. The van der Waals surface area contributed by atoms with Crippen molar-refractivity contribution < 1.29 is 4.79 Å². The first kappa shape index (κ1) is 23.5. The highest BCUT2D eigenvalue weighted by molar-refractivity contribution is 6.00. The molecule has 4 rings (SSSR count). The van der Waals surface area contributed by atoms with Crippen molar-refractivity contribution in [3.8, 4) is 0 Å². The second-order valence-electron chi connectivity index (χ2n) is 9.77. The number of hydrogen-bond acceptors (Lipinski definition) is 4. The van der Waals surface area contributed by atoms with E-state index >= 15 is 0 Å². The Kier molecular flexibility index (Phi) is 6.44. The summed E-state index contributed by atoms with van der Waals surface area (Å²) in [6.45, 7) is 11.5. The Morgan fingerprint density at radius 3 is 2.35 bits per heavy atom. The SMILES string of the molecule is Cc1cccc(C)c1Nc1c(C(C)(C)C)nc2c(C(=O)NCc3cccc(CN)c3)cccn12. The molecule has 0 aliphatic heterocycles. The van der Waals surface area contributed by atoms with Gasteiger partial charge in [0.05, 0.1) is 11.3 Å². The Balaban J connectivity index is 1.73. The van der Waals surface area contributed by atoms with Gasteiger partial charge in [-0.2, -0.15) is 0 Å². The normalized spacial score (nSPS) is 11.6. The van der Waals surface area contributed by atoms with Crippen LogP contribution in [0.3, 0.4) is 0 Å². The number of amides is 1. The zero-order valence-electron chi connectivity index (χ0n) is 20.6. The zero-order valence-corrected chi connectivity index (χ0v) is 20.6. The molecule has 0 saturated carbocycles. The van der Waals surface area contributed by atoms with Crippen LogP contribution in [0.1, 0.15) is 59.1 Å². The number of anilines is 2.